The van der Waals surface area contributed by atoms with E-state index in [0.717, 1.165) is 16.3 Å². The van der Waals surface area contributed by atoms with E-state index in [0.29, 0.717) is 41.7 Å². The summed E-state index contributed by atoms with van der Waals surface area (Å²) in [5.41, 5.74) is 7.98. The van der Waals surface area contributed by atoms with Gasteiger partial charge in [0, 0.05) is 34.8 Å². The van der Waals surface area contributed by atoms with Crippen molar-refractivity contribution in [1.29, 1.82) is 0 Å². The summed E-state index contributed by atoms with van der Waals surface area (Å²) >= 11 is 1.51. The highest BCUT2D eigenvalue weighted by Gasteiger charge is 2.14. The Labute approximate surface area is 185 Å². The van der Waals surface area contributed by atoms with Gasteiger partial charge in [-0.1, -0.05) is 6.07 Å². The Hall–Kier alpha value is -2.81. The Balaban J connectivity index is 0.00000320. The second kappa shape index (κ2) is 10.8. The zero-order valence-electron chi connectivity index (χ0n) is 16.9. The summed E-state index contributed by atoms with van der Waals surface area (Å²) in [6, 6.07) is 10.4. The first-order chi connectivity index (χ1) is 14.0. The van der Waals surface area contributed by atoms with Gasteiger partial charge in [-0.25, -0.2) is 4.98 Å². The highest BCUT2D eigenvalue weighted by atomic mass is 35.5. The number of carbonyl (C=O) groups is 1. The fraction of sp³-hybridized carbons (Fsp3) is 0.238. The molecule has 0 aliphatic carbocycles. The molecule has 9 heteroatoms. The summed E-state index contributed by atoms with van der Waals surface area (Å²) < 4.78 is 16.7. The number of halogens is 1. The Bertz CT molecular complexity index is 1010. The molecule has 0 unspecified atom stereocenters. The number of benzene rings is 2. The quantitative estimate of drug-likeness (QED) is 0.538. The fourth-order valence-electron chi connectivity index (χ4n) is 2.72. The molecular weight excluding hydrogens is 426 g/mol. The van der Waals surface area contributed by atoms with Gasteiger partial charge in [0.05, 0.1) is 20.8 Å². The van der Waals surface area contributed by atoms with Crippen molar-refractivity contribution in [1.82, 2.24) is 10.3 Å². The van der Waals surface area contributed by atoms with Gasteiger partial charge >= 0.3 is 0 Å². The Morgan fingerprint density at radius 3 is 2.50 bits per heavy atom. The molecule has 3 rings (SSSR count). The van der Waals surface area contributed by atoms with Crippen molar-refractivity contribution in [3.63, 3.8) is 0 Å². The van der Waals surface area contributed by atoms with Crippen molar-refractivity contribution in [2.24, 2.45) is 5.73 Å². The molecule has 2 aromatic carbocycles. The molecule has 0 fully saturated rings. The van der Waals surface area contributed by atoms with Crippen molar-refractivity contribution in [3.05, 3.63) is 63.6 Å². The summed E-state index contributed by atoms with van der Waals surface area (Å²) in [6.07, 6.45) is 0. The van der Waals surface area contributed by atoms with Gasteiger partial charge in [-0.2, -0.15) is 0 Å². The molecule has 30 heavy (non-hydrogen) atoms. The van der Waals surface area contributed by atoms with Crippen LogP contribution in [0.15, 0.2) is 41.8 Å². The summed E-state index contributed by atoms with van der Waals surface area (Å²) in [5, 5.41) is 5.67. The van der Waals surface area contributed by atoms with Crippen LogP contribution in [-0.4, -0.2) is 25.1 Å². The molecule has 1 amide bonds. The fourth-order valence-corrected chi connectivity index (χ4v) is 3.44. The van der Waals surface area contributed by atoms with E-state index in [1.807, 2.05) is 18.4 Å². The smallest absolute Gasteiger partial charge is 0.251 e. The third-order valence-corrected chi connectivity index (χ3v) is 5.17. The number of aromatic nitrogens is 1. The minimum absolute atomic E-state index is 0. The molecule has 160 valence electrons. The number of aryl methyl sites for hydroxylation is 1. The highest BCUT2D eigenvalue weighted by molar-refractivity contribution is 7.09. The van der Waals surface area contributed by atoms with Gasteiger partial charge in [-0.05, 0) is 31.2 Å². The summed E-state index contributed by atoms with van der Waals surface area (Å²) in [5.74, 6) is 1.90. The lowest BCUT2D eigenvalue weighted by molar-refractivity contribution is 0.0950. The maximum atomic E-state index is 12.5. The van der Waals surface area contributed by atoms with Crippen molar-refractivity contribution in [2.75, 3.05) is 14.2 Å². The summed E-state index contributed by atoms with van der Waals surface area (Å²) in [4.78, 5) is 16.9. The van der Waals surface area contributed by atoms with E-state index >= 15 is 0 Å². The number of hydrogen-bond acceptors (Lipinski definition) is 7. The average Bonchev–Trinajstić information content (AvgIpc) is 3.17. The Kier molecular flexibility index (Phi) is 8.46. The van der Waals surface area contributed by atoms with E-state index in [1.54, 1.807) is 44.6 Å². The number of hydrogen-bond donors (Lipinski definition) is 2. The number of nitrogens with zero attached hydrogens (tertiary/aromatic N) is 1. The first kappa shape index (κ1) is 23.5. The Morgan fingerprint density at radius 1 is 1.10 bits per heavy atom. The largest absolute Gasteiger partial charge is 0.496 e. The second-order valence-corrected chi connectivity index (χ2v) is 7.15. The maximum absolute atomic E-state index is 12.5. The van der Waals surface area contributed by atoms with Crippen LogP contribution in [0.2, 0.25) is 0 Å². The monoisotopic (exact) mass is 449 g/mol. The minimum Gasteiger partial charge on any atom is -0.496 e. The normalized spacial score (nSPS) is 10.1. The molecule has 0 atom stereocenters. The lowest BCUT2D eigenvalue weighted by atomic mass is 10.1. The van der Waals surface area contributed by atoms with Crippen LogP contribution in [0.3, 0.4) is 0 Å². The lowest BCUT2D eigenvalue weighted by Gasteiger charge is -2.14. The van der Waals surface area contributed by atoms with Gasteiger partial charge in [0.1, 0.15) is 16.5 Å². The average molecular weight is 450 g/mol. The van der Waals surface area contributed by atoms with E-state index in [1.165, 1.54) is 11.3 Å². The molecule has 3 aromatic rings. The van der Waals surface area contributed by atoms with Gasteiger partial charge in [-0.15, -0.1) is 23.7 Å². The molecule has 0 saturated heterocycles. The van der Waals surface area contributed by atoms with Crippen LogP contribution in [0, 0.1) is 6.92 Å². The molecule has 0 aliphatic heterocycles. The van der Waals surface area contributed by atoms with Crippen LogP contribution < -0.4 is 25.3 Å². The highest BCUT2D eigenvalue weighted by Crippen LogP contribution is 2.34. The zero-order chi connectivity index (χ0) is 20.8. The number of carbonyl (C=O) groups excluding carboxylic acids is 1. The number of nitrogens with one attached hydrogen (secondary N) is 1. The predicted molar refractivity (Wildman–Crippen MR) is 119 cm³/mol. The first-order valence-corrected chi connectivity index (χ1v) is 9.84. The Morgan fingerprint density at radius 2 is 1.87 bits per heavy atom. The van der Waals surface area contributed by atoms with Crippen LogP contribution in [0.4, 0.5) is 0 Å². The van der Waals surface area contributed by atoms with E-state index in [2.05, 4.69) is 10.3 Å². The molecule has 0 saturated carbocycles. The number of rotatable bonds is 8. The van der Waals surface area contributed by atoms with Crippen molar-refractivity contribution in [3.8, 4) is 23.0 Å². The maximum Gasteiger partial charge on any atom is 0.251 e. The van der Waals surface area contributed by atoms with Gasteiger partial charge < -0.3 is 25.3 Å². The zero-order valence-corrected chi connectivity index (χ0v) is 18.6. The van der Waals surface area contributed by atoms with E-state index < -0.39 is 0 Å². The molecule has 0 radical (unpaired) electrons. The van der Waals surface area contributed by atoms with Gasteiger partial charge in [-0.3, -0.25) is 4.79 Å². The molecule has 0 spiro atoms. The predicted octanol–water partition coefficient (Wildman–Crippen LogP) is 4.07. The van der Waals surface area contributed by atoms with Gasteiger partial charge in [0.25, 0.3) is 5.91 Å². The van der Waals surface area contributed by atoms with Crippen molar-refractivity contribution >= 4 is 29.7 Å². The molecule has 1 aromatic heterocycles. The second-order valence-electron chi connectivity index (χ2n) is 6.21. The summed E-state index contributed by atoms with van der Waals surface area (Å²) in [6.45, 7) is 2.66. The third kappa shape index (κ3) is 5.63. The number of ether oxygens (including phenoxy) is 3. The molecule has 1 heterocycles. The SMILES string of the molecule is COc1cc(Oc2cc(C(=O)NCc3nc(C)cs3)ccc2OC)ccc1CN.Cl. The number of nitrogens with two attached hydrogens (primary N) is 1. The number of thiazole rings is 1. The van der Waals surface area contributed by atoms with Crippen LogP contribution in [0.5, 0.6) is 23.0 Å². The van der Waals surface area contributed by atoms with Crippen LogP contribution in [0.25, 0.3) is 0 Å². The van der Waals surface area contributed by atoms with Crippen LogP contribution in [0.1, 0.15) is 26.6 Å². The number of amides is 1. The first-order valence-electron chi connectivity index (χ1n) is 8.96. The molecular formula is C21H24ClN3O4S. The van der Waals surface area contributed by atoms with Crippen LogP contribution >= 0.6 is 23.7 Å². The van der Waals surface area contributed by atoms with Gasteiger partial charge in [0.15, 0.2) is 11.5 Å². The topological polar surface area (TPSA) is 95.7 Å². The van der Waals surface area contributed by atoms with E-state index in [9.17, 15) is 4.79 Å². The van der Waals surface area contributed by atoms with Gasteiger partial charge in [0.2, 0.25) is 0 Å². The van der Waals surface area contributed by atoms with Crippen molar-refractivity contribution in [2.45, 2.75) is 20.0 Å². The number of methoxy groups -OCH3 is 2. The molecule has 0 aliphatic rings. The third-order valence-electron chi connectivity index (χ3n) is 4.20. The summed E-state index contributed by atoms with van der Waals surface area (Å²) in [7, 11) is 3.12. The van der Waals surface area contributed by atoms with E-state index in [4.69, 9.17) is 19.9 Å². The standard InChI is InChI=1S/C21H23N3O4S.ClH/c1-13-12-29-20(24-13)11-23-21(25)14-5-7-17(26-2)19(8-14)28-16-6-4-15(10-22)18(9-16)27-3;/h4-9,12H,10-11,22H2,1-3H3,(H,23,25);1H. The van der Waals surface area contributed by atoms with E-state index in [-0.39, 0.29) is 18.3 Å². The van der Waals surface area contributed by atoms with Crippen molar-refractivity contribution < 1.29 is 19.0 Å². The minimum atomic E-state index is -0.221. The molecule has 7 nitrogen and oxygen atoms in total. The lowest BCUT2D eigenvalue weighted by Crippen LogP contribution is -2.22. The molecule has 3 N–H and O–H groups in total. The van der Waals surface area contributed by atoms with Crippen LogP contribution in [-0.2, 0) is 13.1 Å². The molecule has 0 bridgehead atoms.